The predicted molar refractivity (Wildman–Crippen MR) is 84.5 cm³/mol. The average Bonchev–Trinajstić information content (AvgIpc) is 2.43. The maximum absolute atomic E-state index is 11.9. The quantitative estimate of drug-likeness (QED) is 0.892. The van der Waals surface area contributed by atoms with E-state index >= 15 is 0 Å². The molecule has 0 spiro atoms. The Hall–Kier alpha value is -2.00. The second-order valence-corrected chi connectivity index (χ2v) is 5.09. The van der Waals surface area contributed by atoms with Crippen molar-refractivity contribution in [2.75, 3.05) is 17.2 Å². The summed E-state index contributed by atoms with van der Waals surface area (Å²) in [5.74, 6) is -0.101. The van der Waals surface area contributed by atoms with Gasteiger partial charge in [0, 0.05) is 16.4 Å². The molecule has 1 amide bonds. The van der Waals surface area contributed by atoms with Gasteiger partial charge in [-0.3, -0.25) is 4.79 Å². The normalized spacial score (nSPS) is 10.2. The first kappa shape index (κ1) is 14.4. The third-order valence-corrected chi connectivity index (χ3v) is 3.46. The lowest BCUT2D eigenvalue weighted by molar-refractivity contribution is -0.114. The molecule has 0 aromatic heterocycles. The Morgan fingerprint density at radius 2 is 1.80 bits per heavy atom. The Morgan fingerprint density at radius 1 is 1.10 bits per heavy atom. The van der Waals surface area contributed by atoms with Crippen LogP contribution in [0.4, 0.5) is 11.4 Å². The van der Waals surface area contributed by atoms with Crippen LogP contribution in [0.15, 0.2) is 42.5 Å². The lowest BCUT2D eigenvalue weighted by atomic mass is 10.2. The number of benzene rings is 2. The molecule has 4 heteroatoms. The van der Waals surface area contributed by atoms with E-state index in [0.717, 1.165) is 16.9 Å². The number of halogens is 1. The third kappa shape index (κ3) is 3.75. The van der Waals surface area contributed by atoms with Crippen LogP contribution in [0.1, 0.15) is 11.1 Å². The van der Waals surface area contributed by atoms with Crippen molar-refractivity contribution in [2.45, 2.75) is 13.8 Å². The Morgan fingerprint density at radius 3 is 2.50 bits per heavy atom. The van der Waals surface area contributed by atoms with Gasteiger partial charge < -0.3 is 10.6 Å². The molecule has 2 aromatic carbocycles. The number of hydrogen-bond acceptors (Lipinski definition) is 2. The van der Waals surface area contributed by atoms with Gasteiger partial charge in [-0.25, -0.2) is 0 Å². The van der Waals surface area contributed by atoms with Crippen molar-refractivity contribution in [2.24, 2.45) is 0 Å². The minimum Gasteiger partial charge on any atom is -0.376 e. The first-order chi connectivity index (χ1) is 9.56. The summed E-state index contributed by atoms with van der Waals surface area (Å²) in [6.07, 6.45) is 0. The Kier molecular flexibility index (Phi) is 4.64. The highest BCUT2D eigenvalue weighted by atomic mass is 35.5. The molecule has 0 aliphatic carbocycles. The molecule has 0 radical (unpaired) electrons. The first-order valence-corrected chi connectivity index (χ1v) is 6.79. The minimum atomic E-state index is -0.101. The fourth-order valence-corrected chi connectivity index (χ4v) is 1.97. The topological polar surface area (TPSA) is 41.1 Å². The second kappa shape index (κ2) is 6.44. The number of amides is 1. The number of carbonyl (C=O) groups is 1. The summed E-state index contributed by atoms with van der Waals surface area (Å²) in [5, 5.41) is 6.58. The van der Waals surface area contributed by atoms with Crippen molar-refractivity contribution in [3.8, 4) is 0 Å². The van der Waals surface area contributed by atoms with Crippen LogP contribution in [0.2, 0.25) is 5.02 Å². The molecule has 20 heavy (non-hydrogen) atoms. The van der Waals surface area contributed by atoms with Gasteiger partial charge in [-0.2, -0.15) is 0 Å². The van der Waals surface area contributed by atoms with E-state index in [1.165, 1.54) is 5.56 Å². The summed E-state index contributed by atoms with van der Waals surface area (Å²) in [6.45, 7) is 4.12. The molecule has 2 rings (SSSR count). The molecule has 2 N–H and O–H groups in total. The Balaban J connectivity index is 1.92. The van der Waals surface area contributed by atoms with E-state index in [4.69, 9.17) is 11.6 Å². The maximum atomic E-state index is 11.9. The molecule has 104 valence electrons. The molecule has 0 unspecified atom stereocenters. The number of rotatable bonds is 4. The van der Waals surface area contributed by atoms with Crippen LogP contribution in [0.5, 0.6) is 0 Å². The molecule has 0 bridgehead atoms. The van der Waals surface area contributed by atoms with Crippen LogP contribution in [-0.4, -0.2) is 12.5 Å². The second-order valence-electron chi connectivity index (χ2n) is 4.68. The molecule has 0 saturated carbocycles. The highest BCUT2D eigenvalue weighted by molar-refractivity contribution is 6.31. The summed E-state index contributed by atoms with van der Waals surface area (Å²) in [7, 11) is 0. The fourth-order valence-electron chi connectivity index (χ4n) is 1.79. The van der Waals surface area contributed by atoms with Crippen molar-refractivity contribution >= 4 is 28.9 Å². The molecule has 2 aromatic rings. The van der Waals surface area contributed by atoms with E-state index < -0.39 is 0 Å². The lowest BCUT2D eigenvalue weighted by Gasteiger charge is -2.10. The predicted octanol–water partition coefficient (Wildman–Crippen LogP) is 4.01. The summed E-state index contributed by atoms with van der Waals surface area (Å²) in [4.78, 5) is 11.9. The molecule has 0 heterocycles. The largest absolute Gasteiger partial charge is 0.376 e. The van der Waals surface area contributed by atoms with Gasteiger partial charge in [0.05, 0.1) is 6.54 Å². The molecule has 0 atom stereocenters. The number of carbonyl (C=O) groups excluding carboxylic acids is 1. The average molecular weight is 289 g/mol. The van der Waals surface area contributed by atoms with E-state index in [1.54, 1.807) is 6.07 Å². The van der Waals surface area contributed by atoms with Crippen molar-refractivity contribution in [1.82, 2.24) is 0 Å². The van der Waals surface area contributed by atoms with Crippen molar-refractivity contribution in [1.29, 1.82) is 0 Å². The van der Waals surface area contributed by atoms with Gasteiger partial charge in [-0.1, -0.05) is 35.4 Å². The molecule has 0 aliphatic rings. The zero-order valence-electron chi connectivity index (χ0n) is 11.5. The van der Waals surface area contributed by atoms with Crippen LogP contribution in [-0.2, 0) is 4.79 Å². The van der Waals surface area contributed by atoms with Crippen molar-refractivity contribution in [3.05, 3.63) is 58.6 Å². The van der Waals surface area contributed by atoms with Crippen molar-refractivity contribution in [3.63, 3.8) is 0 Å². The maximum Gasteiger partial charge on any atom is 0.243 e. The van der Waals surface area contributed by atoms with Gasteiger partial charge in [0.2, 0.25) is 5.91 Å². The van der Waals surface area contributed by atoms with Crippen LogP contribution in [0, 0.1) is 13.8 Å². The van der Waals surface area contributed by atoms with Gasteiger partial charge in [-0.15, -0.1) is 0 Å². The molecule has 0 saturated heterocycles. The van der Waals surface area contributed by atoms with E-state index in [9.17, 15) is 4.79 Å². The summed E-state index contributed by atoms with van der Waals surface area (Å²) < 4.78 is 0. The highest BCUT2D eigenvalue weighted by Crippen LogP contribution is 2.22. The van der Waals surface area contributed by atoms with Gasteiger partial charge in [0.25, 0.3) is 0 Å². The van der Waals surface area contributed by atoms with Crippen LogP contribution >= 0.6 is 11.6 Å². The Bertz CT molecular complexity index is 608. The first-order valence-electron chi connectivity index (χ1n) is 6.42. The molecule has 0 aliphatic heterocycles. The third-order valence-electron chi connectivity index (χ3n) is 3.05. The van der Waals surface area contributed by atoms with E-state index in [2.05, 4.69) is 10.6 Å². The molecule has 0 fully saturated rings. The molecular formula is C16H17ClN2O. The van der Waals surface area contributed by atoms with Gasteiger partial charge in [0.1, 0.15) is 0 Å². The molecule has 3 nitrogen and oxygen atoms in total. The van der Waals surface area contributed by atoms with E-state index in [-0.39, 0.29) is 12.5 Å². The van der Waals surface area contributed by atoms with Gasteiger partial charge in [-0.05, 0) is 43.7 Å². The smallest absolute Gasteiger partial charge is 0.243 e. The van der Waals surface area contributed by atoms with Crippen LogP contribution in [0.25, 0.3) is 0 Å². The van der Waals surface area contributed by atoms with Crippen LogP contribution in [0.3, 0.4) is 0 Å². The number of nitrogens with one attached hydrogen (secondary N) is 2. The standard InChI is InChI=1S/C16H17ClN2O/c1-11-6-8-13(9-7-11)18-10-16(20)19-15-5-3-4-14(17)12(15)2/h3-9,18H,10H2,1-2H3,(H,19,20). The minimum absolute atomic E-state index is 0.101. The zero-order chi connectivity index (χ0) is 14.5. The monoisotopic (exact) mass is 288 g/mol. The fraction of sp³-hybridized carbons (Fsp3) is 0.188. The number of aryl methyl sites for hydroxylation is 1. The zero-order valence-corrected chi connectivity index (χ0v) is 12.3. The molecular weight excluding hydrogens is 272 g/mol. The number of hydrogen-bond donors (Lipinski definition) is 2. The summed E-state index contributed by atoms with van der Waals surface area (Å²) in [6, 6.07) is 13.4. The van der Waals surface area contributed by atoms with Gasteiger partial charge >= 0.3 is 0 Å². The number of anilines is 2. The van der Waals surface area contributed by atoms with Crippen molar-refractivity contribution < 1.29 is 4.79 Å². The summed E-state index contributed by atoms with van der Waals surface area (Å²) >= 11 is 6.02. The van der Waals surface area contributed by atoms with E-state index in [0.29, 0.717) is 5.02 Å². The Labute approximate surface area is 124 Å². The highest BCUT2D eigenvalue weighted by Gasteiger charge is 2.06. The lowest BCUT2D eigenvalue weighted by Crippen LogP contribution is -2.22. The van der Waals surface area contributed by atoms with Gasteiger partial charge in [0.15, 0.2) is 0 Å². The summed E-state index contributed by atoms with van der Waals surface area (Å²) in [5.41, 5.74) is 3.73. The van der Waals surface area contributed by atoms with Crippen LogP contribution < -0.4 is 10.6 Å². The van der Waals surface area contributed by atoms with E-state index in [1.807, 2.05) is 50.2 Å². The SMILES string of the molecule is Cc1ccc(NCC(=O)Nc2cccc(Cl)c2C)cc1.